The number of aromatic nitrogens is 1. The van der Waals surface area contributed by atoms with E-state index in [9.17, 15) is 4.79 Å². The van der Waals surface area contributed by atoms with E-state index in [2.05, 4.69) is 4.98 Å². The largest absolute Gasteiger partial charge is 0.360 e. The van der Waals surface area contributed by atoms with Crippen LogP contribution in [-0.4, -0.2) is 10.8 Å². The van der Waals surface area contributed by atoms with Crippen LogP contribution in [0.15, 0.2) is 42.6 Å². The number of ketones is 1. The van der Waals surface area contributed by atoms with Gasteiger partial charge in [-0.05, 0) is 19.1 Å². The molecule has 1 heterocycles. The third kappa shape index (κ3) is 1.35. The number of benzene rings is 1. The number of carbonyl (C=O) groups is 1. The van der Waals surface area contributed by atoms with E-state index in [0.29, 0.717) is 0 Å². The Kier molecular flexibility index (Phi) is 2.19. The van der Waals surface area contributed by atoms with E-state index in [4.69, 9.17) is 0 Å². The van der Waals surface area contributed by atoms with Gasteiger partial charge in [-0.3, -0.25) is 4.79 Å². The van der Waals surface area contributed by atoms with Crippen LogP contribution in [0, 0.1) is 0 Å². The van der Waals surface area contributed by atoms with Gasteiger partial charge >= 0.3 is 0 Å². The summed E-state index contributed by atoms with van der Waals surface area (Å²) < 4.78 is 0. The molecule has 2 aromatic rings. The van der Waals surface area contributed by atoms with Gasteiger partial charge in [0.15, 0.2) is 5.78 Å². The fraction of sp³-hybridized carbons (Fsp3) is 0.0833. The lowest BCUT2D eigenvalue weighted by molar-refractivity contribution is 0.104. The molecule has 0 aliphatic carbocycles. The smallest absolute Gasteiger partial charge is 0.187 e. The highest BCUT2D eigenvalue weighted by atomic mass is 16.1. The second kappa shape index (κ2) is 3.50. The van der Waals surface area contributed by atoms with Crippen molar-refractivity contribution in [2.24, 2.45) is 0 Å². The summed E-state index contributed by atoms with van der Waals surface area (Å²) in [5.74, 6) is 0.0463. The van der Waals surface area contributed by atoms with Gasteiger partial charge in [0, 0.05) is 22.7 Å². The van der Waals surface area contributed by atoms with E-state index in [1.165, 1.54) is 0 Å². The van der Waals surface area contributed by atoms with E-state index >= 15 is 0 Å². The summed E-state index contributed by atoms with van der Waals surface area (Å²) in [6, 6.07) is 7.79. The first-order valence-electron chi connectivity index (χ1n) is 4.56. The molecule has 2 nitrogen and oxygen atoms in total. The standard InChI is InChI=1S/C12H11NO/c1-2-5-12(14)10-8-13-11-7-4-3-6-9(10)11/h2-8,13H,1H3/b5-2+. The zero-order chi connectivity index (χ0) is 9.97. The SMILES string of the molecule is C/C=C/C(=O)c1c[nH]c2ccccc12. The molecule has 1 aromatic heterocycles. The van der Waals surface area contributed by atoms with Crippen molar-refractivity contribution in [2.75, 3.05) is 0 Å². The molecule has 14 heavy (non-hydrogen) atoms. The lowest BCUT2D eigenvalue weighted by Gasteiger charge is -1.91. The summed E-state index contributed by atoms with van der Waals surface area (Å²) in [5.41, 5.74) is 1.74. The van der Waals surface area contributed by atoms with Crippen LogP contribution in [0.3, 0.4) is 0 Å². The Labute approximate surface area is 82.3 Å². The Morgan fingerprint density at radius 1 is 1.36 bits per heavy atom. The Hall–Kier alpha value is -1.83. The molecular weight excluding hydrogens is 174 g/mol. The zero-order valence-electron chi connectivity index (χ0n) is 7.95. The summed E-state index contributed by atoms with van der Waals surface area (Å²) in [7, 11) is 0. The van der Waals surface area contributed by atoms with Crippen LogP contribution in [0.25, 0.3) is 10.9 Å². The molecule has 0 fully saturated rings. The van der Waals surface area contributed by atoms with Crippen LogP contribution in [0.5, 0.6) is 0 Å². The van der Waals surface area contributed by atoms with Crippen LogP contribution in [0.4, 0.5) is 0 Å². The van der Waals surface area contributed by atoms with Gasteiger partial charge < -0.3 is 4.98 Å². The molecule has 0 saturated carbocycles. The van der Waals surface area contributed by atoms with Crippen LogP contribution in [0.1, 0.15) is 17.3 Å². The van der Waals surface area contributed by atoms with Crippen molar-refractivity contribution in [1.29, 1.82) is 0 Å². The predicted octanol–water partition coefficient (Wildman–Crippen LogP) is 2.93. The summed E-state index contributed by atoms with van der Waals surface area (Å²) in [6.45, 7) is 1.84. The highest BCUT2D eigenvalue weighted by Crippen LogP contribution is 2.18. The molecule has 0 aliphatic rings. The van der Waals surface area contributed by atoms with Gasteiger partial charge in [-0.25, -0.2) is 0 Å². The van der Waals surface area contributed by atoms with Crippen LogP contribution in [0.2, 0.25) is 0 Å². The molecule has 0 spiro atoms. The second-order valence-corrected chi connectivity index (χ2v) is 3.11. The molecule has 0 amide bonds. The first-order chi connectivity index (χ1) is 6.83. The number of hydrogen-bond donors (Lipinski definition) is 1. The van der Waals surface area contributed by atoms with E-state index < -0.39 is 0 Å². The number of hydrogen-bond acceptors (Lipinski definition) is 1. The lowest BCUT2D eigenvalue weighted by atomic mass is 10.1. The third-order valence-electron chi connectivity index (χ3n) is 2.17. The number of para-hydroxylation sites is 1. The summed E-state index contributed by atoms with van der Waals surface area (Å²) in [6.07, 6.45) is 5.09. The number of aromatic amines is 1. The van der Waals surface area contributed by atoms with Crippen molar-refractivity contribution >= 4 is 16.7 Å². The van der Waals surface area contributed by atoms with E-state index in [-0.39, 0.29) is 5.78 Å². The number of nitrogens with one attached hydrogen (secondary N) is 1. The second-order valence-electron chi connectivity index (χ2n) is 3.11. The maximum Gasteiger partial charge on any atom is 0.187 e. The van der Waals surface area contributed by atoms with E-state index in [1.807, 2.05) is 31.2 Å². The minimum Gasteiger partial charge on any atom is -0.360 e. The van der Waals surface area contributed by atoms with Gasteiger partial charge in [0.1, 0.15) is 0 Å². The molecule has 1 aromatic carbocycles. The molecule has 70 valence electrons. The third-order valence-corrected chi connectivity index (χ3v) is 2.17. The van der Waals surface area contributed by atoms with Gasteiger partial charge in [-0.2, -0.15) is 0 Å². The normalized spacial score (nSPS) is 11.2. The van der Waals surface area contributed by atoms with Crippen molar-refractivity contribution in [1.82, 2.24) is 4.98 Å². The first-order valence-corrected chi connectivity index (χ1v) is 4.56. The summed E-state index contributed by atoms with van der Waals surface area (Å²) in [4.78, 5) is 14.7. The number of fused-ring (bicyclic) bond motifs is 1. The van der Waals surface area contributed by atoms with Gasteiger partial charge in [0.2, 0.25) is 0 Å². The fourth-order valence-corrected chi connectivity index (χ4v) is 1.52. The van der Waals surface area contributed by atoms with Crippen molar-refractivity contribution in [3.8, 4) is 0 Å². The number of allylic oxidation sites excluding steroid dienone is 2. The van der Waals surface area contributed by atoms with Crippen LogP contribution in [-0.2, 0) is 0 Å². The Balaban J connectivity index is 2.58. The van der Waals surface area contributed by atoms with Gasteiger partial charge in [0.25, 0.3) is 0 Å². The quantitative estimate of drug-likeness (QED) is 0.566. The molecule has 0 atom stereocenters. The van der Waals surface area contributed by atoms with Crippen molar-refractivity contribution in [3.63, 3.8) is 0 Å². The van der Waals surface area contributed by atoms with Gasteiger partial charge in [0.05, 0.1) is 0 Å². The van der Waals surface area contributed by atoms with Gasteiger partial charge in [-0.15, -0.1) is 0 Å². The lowest BCUT2D eigenvalue weighted by Crippen LogP contribution is -1.91. The van der Waals surface area contributed by atoms with E-state index in [1.54, 1.807) is 18.3 Å². The molecule has 0 aliphatic heterocycles. The zero-order valence-corrected chi connectivity index (χ0v) is 7.95. The molecular formula is C12H11NO. The number of H-pyrrole nitrogens is 1. The number of rotatable bonds is 2. The van der Waals surface area contributed by atoms with E-state index in [0.717, 1.165) is 16.5 Å². The molecule has 1 N–H and O–H groups in total. The summed E-state index contributed by atoms with van der Waals surface area (Å²) in [5, 5.41) is 0.982. The highest BCUT2D eigenvalue weighted by molar-refractivity contribution is 6.13. The predicted molar refractivity (Wildman–Crippen MR) is 57.4 cm³/mol. The highest BCUT2D eigenvalue weighted by Gasteiger charge is 2.07. The topological polar surface area (TPSA) is 32.9 Å². The van der Waals surface area contributed by atoms with Crippen molar-refractivity contribution < 1.29 is 4.79 Å². The minimum absolute atomic E-state index is 0.0463. The van der Waals surface area contributed by atoms with Crippen molar-refractivity contribution in [2.45, 2.75) is 6.92 Å². The Bertz CT molecular complexity index is 494. The van der Waals surface area contributed by atoms with Crippen LogP contribution >= 0.6 is 0 Å². The average Bonchev–Trinajstić information content (AvgIpc) is 2.61. The fourth-order valence-electron chi connectivity index (χ4n) is 1.52. The minimum atomic E-state index is 0.0463. The Morgan fingerprint density at radius 2 is 2.14 bits per heavy atom. The van der Waals surface area contributed by atoms with Crippen molar-refractivity contribution in [3.05, 3.63) is 48.2 Å². The monoisotopic (exact) mass is 185 g/mol. The molecule has 2 heteroatoms. The molecule has 2 rings (SSSR count). The van der Waals surface area contributed by atoms with Crippen LogP contribution < -0.4 is 0 Å². The molecule has 0 saturated heterocycles. The Morgan fingerprint density at radius 3 is 2.93 bits per heavy atom. The first kappa shape index (κ1) is 8.75. The average molecular weight is 185 g/mol. The molecule has 0 radical (unpaired) electrons. The summed E-state index contributed by atoms with van der Waals surface area (Å²) >= 11 is 0. The number of carbonyl (C=O) groups excluding carboxylic acids is 1. The maximum absolute atomic E-state index is 11.6. The maximum atomic E-state index is 11.6. The molecule has 0 unspecified atom stereocenters. The van der Waals surface area contributed by atoms with Gasteiger partial charge in [-0.1, -0.05) is 24.3 Å². The molecule has 0 bridgehead atoms.